The minimum atomic E-state index is -4.43. The maximum Gasteiger partial charge on any atom is 0.416 e. The lowest BCUT2D eigenvalue weighted by molar-refractivity contribution is -0.137. The second-order valence-electron chi connectivity index (χ2n) is 5.69. The number of hydrogen-bond acceptors (Lipinski definition) is 4. The van der Waals surface area contributed by atoms with Crippen molar-refractivity contribution in [1.82, 2.24) is 0 Å². The third kappa shape index (κ3) is 5.73. The molecule has 0 aliphatic heterocycles. The Labute approximate surface area is 161 Å². The zero-order chi connectivity index (χ0) is 20.6. The zero-order valence-electron chi connectivity index (χ0n) is 15.7. The van der Waals surface area contributed by atoms with Crippen LogP contribution in [0.2, 0.25) is 0 Å². The Hall–Kier alpha value is -3.03. The molecule has 28 heavy (non-hydrogen) atoms. The maximum absolute atomic E-state index is 12.9. The van der Waals surface area contributed by atoms with Gasteiger partial charge in [-0.1, -0.05) is 35.5 Å². The summed E-state index contributed by atoms with van der Waals surface area (Å²) in [6.07, 6.45) is -4.43. The number of ether oxygens (including phenoxy) is 1. The molecule has 0 aliphatic rings. The minimum absolute atomic E-state index is 0.0298. The van der Waals surface area contributed by atoms with Gasteiger partial charge >= 0.3 is 6.18 Å². The van der Waals surface area contributed by atoms with Gasteiger partial charge in [-0.3, -0.25) is 4.99 Å². The molecule has 0 bridgehead atoms. The van der Waals surface area contributed by atoms with Gasteiger partial charge in [0.25, 0.3) is 0 Å². The molecule has 0 aliphatic carbocycles. The number of nitrogens with two attached hydrogens (primary N) is 1. The van der Waals surface area contributed by atoms with Crippen LogP contribution in [0.3, 0.4) is 0 Å². The summed E-state index contributed by atoms with van der Waals surface area (Å²) in [6, 6.07) is 11.9. The molecule has 8 heteroatoms. The van der Waals surface area contributed by atoms with Crippen LogP contribution in [0.4, 0.5) is 13.2 Å². The first-order chi connectivity index (χ1) is 13.4. The van der Waals surface area contributed by atoms with E-state index in [1.807, 2.05) is 6.92 Å². The monoisotopic (exact) mass is 393 g/mol. The van der Waals surface area contributed by atoms with Gasteiger partial charge in [0.15, 0.2) is 5.71 Å². The van der Waals surface area contributed by atoms with E-state index in [0.717, 1.165) is 12.1 Å². The standard InChI is InChI=1S/C20H22F3N3O2/c1-3-25-19(24)18(26-28-4-2)17-11-6-5-8-14(17)13-27-16-10-7-9-15(12-16)20(21,22)23/h5-12H,3-4,13H2,1-2H3,(H2,24,25). The highest BCUT2D eigenvalue weighted by molar-refractivity contribution is 6.47. The molecule has 2 N–H and O–H groups in total. The van der Waals surface area contributed by atoms with Gasteiger partial charge in [-0.15, -0.1) is 0 Å². The molecule has 5 nitrogen and oxygen atoms in total. The SMILES string of the molecule is CCN=C(N)C(=NOCC)c1ccccc1COc1cccc(C(F)(F)F)c1. The third-order valence-corrected chi connectivity index (χ3v) is 3.68. The first kappa shape index (κ1) is 21.3. The summed E-state index contributed by atoms with van der Waals surface area (Å²) in [5, 5.41) is 4.05. The maximum atomic E-state index is 12.9. The summed E-state index contributed by atoms with van der Waals surface area (Å²) in [7, 11) is 0. The van der Waals surface area contributed by atoms with Crippen LogP contribution in [0.1, 0.15) is 30.5 Å². The Morgan fingerprint density at radius 1 is 1.07 bits per heavy atom. The molecule has 150 valence electrons. The van der Waals surface area contributed by atoms with E-state index < -0.39 is 11.7 Å². The predicted octanol–water partition coefficient (Wildman–Crippen LogP) is 4.40. The molecular formula is C20H22F3N3O2. The normalized spacial score (nSPS) is 12.8. The van der Waals surface area contributed by atoms with Crippen LogP contribution in [0.15, 0.2) is 58.7 Å². The molecule has 0 saturated carbocycles. The molecule has 2 aromatic rings. The van der Waals surface area contributed by atoms with Crippen LogP contribution in [-0.4, -0.2) is 24.7 Å². The molecule has 0 saturated heterocycles. The van der Waals surface area contributed by atoms with E-state index in [9.17, 15) is 13.2 Å². The fraction of sp³-hybridized carbons (Fsp3) is 0.300. The molecule has 0 heterocycles. The van der Waals surface area contributed by atoms with Crippen LogP contribution >= 0.6 is 0 Å². The van der Waals surface area contributed by atoms with E-state index in [1.54, 1.807) is 31.2 Å². The number of oxime groups is 1. The van der Waals surface area contributed by atoms with E-state index in [4.69, 9.17) is 15.3 Å². The Morgan fingerprint density at radius 3 is 2.50 bits per heavy atom. The number of rotatable bonds is 8. The van der Waals surface area contributed by atoms with Crippen LogP contribution in [0.25, 0.3) is 0 Å². The highest BCUT2D eigenvalue weighted by Crippen LogP contribution is 2.31. The quantitative estimate of drug-likeness (QED) is 0.411. The van der Waals surface area contributed by atoms with Crippen LogP contribution in [0.5, 0.6) is 5.75 Å². The molecule has 0 unspecified atom stereocenters. The summed E-state index contributed by atoms with van der Waals surface area (Å²) < 4.78 is 44.2. The van der Waals surface area contributed by atoms with Crippen molar-refractivity contribution in [2.75, 3.05) is 13.2 Å². The number of hydrogen-bond donors (Lipinski definition) is 1. The molecule has 0 aromatic heterocycles. The topological polar surface area (TPSA) is 69.2 Å². The molecule has 0 fully saturated rings. The lowest BCUT2D eigenvalue weighted by Crippen LogP contribution is -2.27. The fourth-order valence-electron chi connectivity index (χ4n) is 2.41. The average molecular weight is 393 g/mol. The highest BCUT2D eigenvalue weighted by Gasteiger charge is 2.30. The molecular weight excluding hydrogens is 371 g/mol. The van der Waals surface area contributed by atoms with Gasteiger partial charge in [0, 0.05) is 12.1 Å². The van der Waals surface area contributed by atoms with E-state index in [2.05, 4.69) is 10.1 Å². The Balaban J connectivity index is 2.30. The molecule has 2 rings (SSSR count). The van der Waals surface area contributed by atoms with Gasteiger partial charge < -0.3 is 15.3 Å². The Bertz CT molecular complexity index is 849. The van der Waals surface area contributed by atoms with E-state index in [-0.39, 0.29) is 18.2 Å². The minimum Gasteiger partial charge on any atom is -0.489 e. The van der Waals surface area contributed by atoms with Gasteiger partial charge in [0.1, 0.15) is 24.8 Å². The predicted molar refractivity (Wildman–Crippen MR) is 103 cm³/mol. The second-order valence-corrected chi connectivity index (χ2v) is 5.69. The van der Waals surface area contributed by atoms with Crippen molar-refractivity contribution >= 4 is 11.5 Å². The van der Waals surface area contributed by atoms with Crippen molar-refractivity contribution in [2.24, 2.45) is 15.9 Å². The van der Waals surface area contributed by atoms with Gasteiger partial charge in [-0.05, 0) is 37.6 Å². The van der Waals surface area contributed by atoms with Crippen molar-refractivity contribution in [3.63, 3.8) is 0 Å². The first-order valence-electron chi connectivity index (χ1n) is 8.75. The van der Waals surface area contributed by atoms with Gasteiger partial charge in [-0.25, -0.2) is 0 Å². The Kier molecular flexibility index (Phi) is 7.43. The number of alkyl halides is 3. The van der Waals surface area contributed by atoms with Crippen molar-refractivity contribution in [3.05, 3.63) is 65.2 Å². The molecule has 2 aromatic carbocycles. The fourth-order valence-corrected chi connectivity index (χ4v) is 2.41. The van der Waals surface area contributed by atoms with Gasteiger partial charge in [0.2, 0.25) is 0 Å². The van der Waals surface area contributed by atoms with Crippen molar-refractivity contribution in [3.8, 4) is 5.75 Å². The largest absolute Gasteiger partial charge is 0.489 e. The summed E-state index contributed by atoms with van der Waals surface area (Å²) in [4.78, 5) is 9.32. The van der Waals surface area contributed by atoms with Crippen molar-refractivity contribution < 1.29 is 22.7 Å². The number of amidine groups is 1. The van der Waals surface area contributed by atoms with E-state index >= 15 is 0 Å². The van der Waals surface area contributed by atoms with Crippen LogP contribution in [-0.2, 0) is 17.6 Å². The first-order valence-corrected chi connectivity index (χ1v) is 8.75. The summed E-state index contributed by atoms with van der Waals surface area (Å²) in [5.41, 5.74) is 6.93. The van der Waals surface area contributed by atoms with Crippen molar-refractivity contribution in [1.29, 1.82) is 0 Å². The van der Waals surface area contributed by atoms with Gasteiger partial charge in [-0.2, -0.15) is 13.2 Å². The number of nitrogens with zero attached hydrogens (tertiary/aromatic N) is 2. The smallest absolute Gasteiger partial charge is 0.416 e. The lowest BCUT2D eigenvalue weighted by atomic mass is 10.0. The second kappa shape index (κ2) is 9.77. The highest BCUT2D eigenvalue weighted by atomic mass is 19.4. The van der Waals surface area contributed by atoms with E-state index in [1.165, 1.54) is 12.1 Å². The van der Waals surface area contributed by atoms with Crippen LogP contribution in [0, 0.1) is 0 Å². The van der Waals surface area contributed by atoms with E-state index in [0.29, 0.717) is 30.0 Å². The third-order valence-electron chi connectivity index (χ3n) is 3.68. The number of aliphatic imine (C=N–C) groups is 1. The molecule has 0 amide bonds. The van der Waals surface area contributed by atoms with Crippen LogP contribution < -0.4 is 10.5 Å². The summed E-state index contributed by atoms with van der Waals surface area (Å²) in [5.74, 6) is 0.325. The number of benzene rings is 2. The lowest BCUT2D eigenvalue weighted by Gasteiger charge is -2.14. The summed E-state index contributed by atoms with van der Waals surface area (Å²) in [6.45, 7) is 4.48. The molecule has 0 atom stereocenters. The Morgan fingerprint density at radius 2 is 1.82 bits per heavy atom. The molecule has 0 radical (unpaired) electrons. The van der Waals surface area contributed by atoms with Gasteiger partial charge in [0.05, 0.1) is 5.56 Å². The summed E-state index contributed by atoms with van der Waals surface area (Å²) >= 11 is 0. The number of halogens is 3. The zero-order valence-corrected chi connectivity index (χ0v) is 15.7. The van der Waals surface area contributed by atoms with Crippen molar-refractivity contribution in [2.45, 2.75) is 26.6 Å². The average Bonchev–Trinajstić information content (AvgIpc) is 2.67. The molecule has 0 spiro atoms.